The second-order valence-electron chi connectivity index (χ2n) is 4.18. The SMILES string of the molecule is COC(=O)ON=C1CCN1C(=O)c1cnccc1C(F)(F)F. The summed E-state index contributed by atoms with van der Waals surface area (Å²) >= 11 is 0. The molecule has 1 fully saturated rings. The Morgan fingerprint density at radius 3 is 2.68 bits per heavy atom. The van der Waals surface area contributed by atoms with Gasteiger partial charge >= 0.3 is 12.3 Å². The van der Waals surface area contributed by atoms with Crippen molar-refractivity contribution < 1.29 is 32.3 Å². The second-order valence-corrected chi connectivity index (χ2v) is 4.18. The number of hydrogen-bond donors (Lipinski definition) is 0. The molecule has 10 heteroatoms. The van der Waals surface area contributed by atoms with Gasteiger partial charge in [0, 0.05) is 25.4 Å². The minimum atomic E-state index is -4.68. The number of rotatable bonds is 2. The number of hydrogen-bond acceptors (Lipinski definition) is 6. The Morgan fingerprint density at radius 1 is 1.41 bits per heavy atom. The number of halogens is 3. The van der Waals surface area contributed by atoms with Gasteiger partial charge in [-0.15, -0.1) is 0 Å². The molecule has 22 heavy (non-hydrogen) atoms. The van der Waals surface area contributed by atoms with Crippen molar-refractivity contribution in [3.63, 3.8) is 0 Å². The van der Waals surface area contributed by atoms with Crippen molar-refractivity contribution in [2.45, 2.75) is 12.6 Å². The molecule has 0 N–H and O–H groups in total. The Hall–Kier alpha value is -2.65. The van der Waals surface area contributed by atoms with E-state index < -0.39 is 29.4 Å². The van der Waals surface area contributed by atoms with E-state index in [1.807, 2.05) is 0 Å². The number of carbonyl (C=O) groups excluding carboxylic acids is 2. The summed E-state index contributed by atoms with van der Waals surface area (Å²) in [6.45, 7) is 0.161. The highest BCUT2D eigenvalue weighted by Gasteiger charge is 2.39. The van der Waals surface area contributed by atoms with Crippen LogP contribution in [0.4, 0.5) is 18.0 Å². The Morgan fingerprint density at radius 2 is 2.14 bits per heavy atom. The minimum absolute atomic E-state index is 0.0346. The van der Waals surface area contributed by atoms with E-state index in [2.05, 4.69) is 19.7 Å². The molecule has 0 aromatic carbocycles. The molecule has 1 aliphatic heterocycles. The third-order valence-corrected chi connectivity index (χ3v) is 2.86. The van der Waals surface area contributed by atoms with Crippen LogP contribution in [0, 0.1) is 0 Å². The first-order chi connectivity index (χ1) is 10.3. The molecule has 0 spiro atoms. The van der Waals surface area contributed by atoms with Crippen LogP contribution < -0.4 is 0 Å². The molecule has 0 unspecified atom stereocenters. The van der Waals surface area contributed by atoms with Gasteiger partial charge in [0.1, 0.15) is 0 Å². The molecule has 1 saturated heterocycles. The lowest BCUT2D eigenvalue weighted by atomic mass is 10.1. The highest BCUT2D eigenvalue weighted by Crippen LogP contribution is 2.32. The second kappa shape index (κ2) is 6.00. The predicted octanol–water partition coefficient (Wildman–Crippen LogP) is 2.04. The molecule has 1 aromatic heterocycles. The van der Waals surface area contributed by atoms with E-state index in [-0.39, 0.29) is 18.8 Å². The number of amidine groups is 1. The Labute approximate surface area is 122 Å². The maximum atomic E-state index is 12.9. The van der Waals surface area contributed by atoms with Gasteiger partial charge in [-0.2, -0.15) is 13.2 Å². The number of nitrogens with zero attached hydrogens (tertiary/aromatic N) is 3. The van der Waals surface area contributed by atoms with Crippen LogP contribution in [-0.2, 0) is 15.8 Å². The normalized spacial score (nSPS) is 16.2. The summed E-state index contributed by atoms with van der Waals surface area (Å²) < 4.78 is 42.8. The predicted molar refractivity (Wildman–Crippen MR) is 65.8 cm³/mol. The first kappa shape index (κ1) is 15.7. The summed E-state index contributed by atoms with van der Waals surface area (Å²) in [5.74, 6) is -0.883. The van der Waals surface area contributed by atoms with Crippen LogP contribution in [0.3, 0.4) is 0 Å². The first-order valence-corrected chi connectivity index (χ1v) is 5.99. The Balaban J connectivity index is 2.21. The summed E-state index contributed by atoms with van der Waals surface area (Å²) in [5, 5.41) is 3.37. The van der Waals surface area contributed by atoms with Gasteiger partial charge in [-0.05, 0) is 6.07 Å². The van der Waals surface area contributed by atoms with Gasteiger partial charge < -0.3 is 4.74 Å². The van der Waals surface area contributed by atoms with E-state index in [1.165, 1.54) is 0 Å². The van der Waals surface area contributed by atoms with Crippen molar-refractivity contribution in [1.29, 1.82) is 0 Å². The molecule has 0 atom stereocenters. The standard InChI is InChI=1S/C12H10F3N3O4/c1-21-11(20)22-17-9-3-5-18(9)10(19)7-6-16-4-2-8(7)12(13,14)15/h2,4,6H,3,5H2,1H3. The minimum Gasteiger partial charge on any atom is -0.436 e. The zero-order valence-electron chi connectivity index (χ0n) is 11.3. The molecule has 1 aliphatic rings. The van der Waals surface area contributed by atoms with E-state index >= 15 is 0 Å². The molecule has 2 heterocycles. The number of amides is 1. The molecule has 0 radical (unpaired) electrons. The van der Waals surface area contributed by atoms with Crippen LogP contribution in [0.25, 0.3) is 0 Å². The van der Waals surface area contributed by atoms with E-state index in [0.29, 0.717) is 0 Å². The molecule has 2 rings (SSSR count). The summed E-state index contributed by atoms with van der Waals surface area (Å²) in [6.07, 6.45) is -3.71. The van der Waals surface area contributed by atoms with Gasteiger partial charge in [0.05, 0.1) is 18.2 Å². The highest BCUT2D eigenvalue weighted by molar-refractivity contribution is 6.09. The topological polar surface area (TPSA) is 81.1 Å². The lowest BCUT2D eigenvalue weighted by Gasteiger charge is -2.32. The van der Waals surface area contributed by atoms with Gasteiger partial charge in [-0.3, -0.25) is 19.5 Å². The van der Waals surface area contributed by atoms with E-state index in [9.17, 15) is 22.8 Å². The molecular formula is C12H10F3N3O4. The fourth-order valence-electron chi connectivity index (χ4n) is 1.72. The summed E-state index contributed by atoms with van der Waals surface area (Å²) in [6, 6.07) is 0.717. The number of pyridine rings is 1. The number of likely N-dealkylation sites (tertiary alicyclic amines) is 1. The van der Waals surface area contributed by atoms with Crippen molar-refractivity contribution >= 4 is 17.9 Å². The van der Waals surface area contributed by atoms with Gasteiger partial charge in [0.2, 0.25) is 0 Å². The molecular weight excluding hydrogens is 307 g/mol. The molecule has 1 amide bonds. The summed E-state index contributed by atoms with van der Waals surface area (Å²) in [4.78, 5) is 31.7. The number of aromatic nitrogens is 1. The van der Waals surface area contributed by atoms with Crippen molar-refractivity contribution in [1.82, 2.24) is 9.88 Å². The fraction of sp³-hybridized carbons (Fsp3) is 0.333. The van der Waals surface area contributed by atoms with E-state index in [0.717, 1.165) is 30.5 Å². The van der Waals surface area contributed by atoms with Crippen molar-refractivity contribution in [3.05, 3.63) is 29.6 Å². The Bertz CT molecular complexity index is 630. The van der Waals surface area contributed by atoms with Gasteiger partial charge in [-0.25, -0.2) is 4.79 Å². The average Bonchev–Trinajstić information content (AvgIpc) is 2.45. The van der Waals surface area contributed by atoms with Gasteiger partial charge in [0.25, 0.3) is 5.91 Å². The number of oxime groups is 1. The molecule has 7 nitrogen and oxygen atoms in total. The zero-order valence-corrected chi connectivity index (χ0v) is 11.3. The van der Waals surface area contributed by atoms with Gasteiger partial charge in [-0.1, -0.05) is 5.16 Å². The van der Waals surface area contributed by atoms with Gasteiger partial charge in [0.15, 0.2) is 5.84 Å². The third kappa shape index (κ3) is 3.15. The molecule has 0 aliphatic carbocycles. The Kier molecular flexibility index (Phi) is 4.29. The van der Waals surface area contributed by atoms with Crippen molar-refractivity contribution in [3.8, 4) is 0 Å². The van der Waals surface area contributed by atoms with Crippen LogP contribution in [0.1, 0.15) is 22.3 Å². The van der Waals surface area contributed by atoms with Crippen LogP contribution in [0.2, 0.25) is 0 Å². The number of carbonyl (C=O) groups is 2. The largest absolute Gasteiger partial charge is 0.534 e. The average molecular weight is 317 g/mol. The highest BCUT2D eigenvalue weighted by atomic mass is 19.4. The van der Waals surface area contributed by atoms with E-state index in [1.54, 1.807) is 0 Å². The third-order valence-electron chi connectivity index (χ3n) is 2.86. The number of alkyl halides is 3. The first-order valence-electron chi connectivity index (χ1n) is 5.99. The quantitative estimate of drug-likeness (QED) is 0.474. The molecule has 0 bridgehead atoms. The van der Waals surface area contributed by atoms with Crippen molar-refractivity contribution in [2.75, 3.05) is 13.7 Å². The smallest absolute Gasteiger partial charge is 0.436 e. The summed E-state index contributed by atoms with van der Waals surface area (Å²) in [5.41, 5.74) is -1.69. The lowest BCUT2D eigenvalue weighted by molar-refractivity contribution is -0.138. The number of ether oxygens (including phenoxy) is 1. The molecule has 1 aromatic rings. The maximum Gasteiger partial charge on any atom is 0.534 e. The molecule has 0 saturated carbocycles. The van der Waals surface area contributed by atoms with E-state index in [4.69, 9.17) is 0 Å². The van der Waals surface area contributed by atoms with Crippen LogP contribution >= 0.6 is 0 Å². The van der Waals surface area contributed by atoms with Crippen molar-refractivity contribution in [2.24, 2.45) is 5.16 Å². The zero-order chi connectivity index (χ0) is 16.3. The number of methoxy groups -OCH3 is 1. The maximum absolute atomic E-state index is 12.9. The van der Waals surface area contributed by atoms with Crippen LogP contribution in [0.15, 0.2) is 23.6 Å². The summed E-state index contributed by atoms with van der Waals surface area (Å²) in [7, 11) is 1.07. The fourth-order valence-corrected chi connectivity index (χ4v) is 1.72. The van der Waals surface area contributed by atoms with Crippen LogP contribution in [-0.4, -0.2) is 41.4 Å². The van der Waals surface area contributed by atoms with Crippen LogP contribution in [0.5, 0.6) is 0 Å². The molecule has 118 valence electrons. The monoisotopic (exact) mass is 317 g/mol. The lowest BCUT2D eigenvalue weighted by Crippen LogP contribution is -2.48.